The molecule has 66 heavy (non-hydrogen) atoms. The molecule has 6 heteroatoms. The van der Waals surface area contributed by atoms with Crippen LogP contribution in [0, 0.1) is 22.7 Å². The lowest BCUT2D eigenvalue weighted by Crippen LogP contribution is -2.13. The van der Waals surface area contributed by atoms with Crippen LogP contribution in [0.15, 0.2) is 179 Å². The lowest BCUT2D eigenvalue weighted by molar-refractivity contribution is 0.590. The zero-order valence-electron chi connectivity index (χ0n) is 37.8. The van der Waals surface area contributed by atoms with Crippen LogP contribution in [0.4, 0.5) is 34.1 Å². The molecule has 0 atom stereocenters. The predicted octanol–water partition coefficient (Wildman–Crippen LogP) is 17.1. The van der Waals surface area contributed by atoms with Crippen molar-refractivity contribution >= 4 is 99.5 Å². The van der Waals surface area contributed by atoms with Gasteiger partial charge in [-0.25, -0.2) is 0 Å². The van der Waals surface area contributed by atoms with E-state index in [1.54, 1.807) is 0 Å². The molecule has 2 aromatic heterocycles. The van der Waals surface area contributed by atoms with E-state index in [-0.39, 0.29) is 10.8 Å². The molecule has 11 aromatic rings. The zero-order chi connectivity index (χ0) is 45.5. The van der Waals surface area contributed by atoms with Crippen molar-refractivity contribution in [2.45, 2.75) is 52.4 Å². The number of nitriles is 2. The Kier molecular flexibility index (Phi) is 9.29. The molecule has 318 valence electrons. The van der Waals surface area contributed by atoms with Crippen molar-refractivity contribution in [3.8, 4) is 12.1 Å². The van der Waals surface area contributed by atoms with Crippen LogP contribution in [-0.2, 0) is 10.8 Å². The number of hydrogen-bond acceptors (Lipinski definition) is 6. The minimum atomic E-state index is 0.0340. The standard InChI is InChI=1S/C60H46N4O2/c1-59(2,3)43-13-23-47(24-14-43)63(45-17-7-37(35-61)8-18-45)49-21-11-39-29-51-53-33-58-54(34-57(53)65-55(51)31-41(39)27-49)52-30-40-12-22-50(28-42(40)32-56(52)66-58)64(46-19-9-38(36-62)10-20-46)48-25-15-44(16-26-48)60(4,5)6/h7-34H,1-6H3. The lowest BCUT2D eigenvalue weighted by Gasteiger charge is -2.27. The Balaban J connectivity index is 0.977. The molecule has 2 heterocycles. The van der Waals surface area contributed by atoms with E-state index >= 15 is 0 Å². The summed E-state index contributed by atoms with van der Waals surface area (Å²) in [7, 11) is 0. The number of anilines is 6. The largest absolute Gasteiger partial charge is 0.456 e. The van der Waals surface area contributed by atoms with Crippen LogP contribution in [0.25, 0.3) is 65.4 Å². The molecule has 0 aliphatic rings. The van der Waals surface area contributed by atoms with Gasteiger partial charge in [-0.2, -0.15) is 10.5 Å². The van der Waals surface area contributed by atoms with Crippen molar-refractivity contribution in [3.05, 3.63) is 192 Å². The minimum Gasteiger partial charge on any atom is -0.456 e. The van der Waals surface area contributed by atoms with Gasteiger partial charge < -0.3 is 18.6 Å². The van der Waals surface area contributed by atoms with E-state index in [4.69, 9.17) is 8.83 Å². The highest BCUT2D eigenvalue weighted by atomic mass is 16.3. The normalized spacial score (nSPS) is 12.1. The zero-order valence-corrected chi connectivity index (χ0v) is 37.8. The summed E-state index contributed by atoms with van der Waals surface area (Å²) in [5, 5.41) is 27.4. The molecule has 0 amide bonds. The van der Waals surface area contributed by atoms with Crippen LogP contribution in [0.5, 0.6) is 0 Å². The van der Waals surface area contributed by atoms with E-state index in [0.29, 0.717) is 11.1 Å². The van der Waals surface area contributed by atoms with Crippen LogP contribution in [-0.4, -0.2) is 0 Å². The molecule has 0 saturated carbocycles. The molecule has 6 nitrogen and oxygen atoms in total. The Labute approximate surface area is 383 Å². The number of furan rings is 2. The Bertz CT molecular complexity index is 3520. The van der Waals surface area contributed by atoms with Gasteiger partial charge in [-0.1, -0.05) is 77.9 Å². The minimum absolute atomic E-state index is 0.0340. The van der Waals surface area contributed by atoms with E-state index < -0.39 is 0 Å². The third-order valence-corrected chi connectivity index (χ3v) is 13.0. The number of benzene rings is 9. The molecule has 0 aliphatic carbocycles. The maximum atomic E-state index is 9.52. The SMILES string of the molecule is CC(C)(C)c1ccc(N(c2ccc(C#N)cc2)c2ccc3cc4c(cc3c2)oc2cc3c(cc24)oc2cc4cc(N(c5ccc(C#N)cc5)c5ccc(C(C)(C)C)cc5)ccc4cc23)cc1. The first-order valence-corrected chi connectivity index (χ1v) is 22.3. The van der Waals surface area contributed by atoms with Crippen molar-refractivity contribution in [2.24, 2.45) is 0 Å². The third kappa shape index (κ3) is 7.05. The van der Waals surface area contributed by atoms with Gasteiger partial charge >= 0.3 is 0 Å². The van der Waals surface area contributed by atoms with Crippen molar-refractivity contribution in [1.29, 1.82) is 10.5 Å². The second-order valence-electron chi connectivity index (χ2n) is 19.4. The van der Waals surface area contributed by atoms with Crippen LogP contribution >= 0.6 is 0 Å². The summed E-state index contributed by atoms with van der Waals surface area (Å²) in [5.41, 5.74) is 13.1. The molecule has 0 bridgehead atoms. The average molecular weight is 855 g/mol. The lowest BCUT2D eigenvalue weighted by atomic mass is 9.87. The van der Waals surface area contributed by atoms with Gasteiger partial charge in [0, 0.05) is 55.7 Å². The summed E-state index contributed by atoms with van der Waals surface area (Å²) in [6.07, 6.45) is 0. The number of nitrogens with zero attached hydrogens (tertiary/aromatic N) is 4. The average Bonchev–Trinajstić information content (AvgIpc) is 3.85. The molecule has 11 rings (SSSR count). The molecule has 0 unspecified atom stereocenters. The molecular weight excluding hydrogens is 809 g/mol. The van der Waals surface area contributed by atoms with Gasteiger partial charge in [0.05, 0.1) is 23.3 Å². The fourth-order valence-corrected chi connectivity index (χ4v) is 9.27. The quantitative estimate of drug-likeness (QED) is 0.166. The van der Waals surface area contributed by atoms with Gasteiger partial charge in [-0.15, -0.1) is 0 Å². The van der Waals surface area contributed by atoms with E-state index in [2.05, 4.69) is 185 Å². The highest BCUT2D eigenvalue weighted by Gasteiger charge is 2.21. The molecule has 9 aromatic carbocycles. The van der Waals surface area contributed by atoms with Crippen LogP contribution in [0.3, 0.4) is 0 Å². The monoisotopic (exact) mass is 854 g/mol. The second-order valence-corrected chi connectivity index (χ2v) is 19.4. The highest BCUT2D eigenvalue weighted by Crippen LogP contribution is 2.43. The summed E-state index contributed by atoms with van der Waals surface area (Å²) >= 11 is 0. The summed E-state index contributed by atoms with van der Waals surface area (Å²) in [4.78, 5) is 4.47. The molecule has 0 fully saturated rings. The number of fused-ring (bicyclic) bond motifs is 8. The summed E-state index contributed by atoms with van der Waals surface area (Å²) in [6.45, 7) is 13.3. The van der Waals surface area contributed by atoms with Crippen molar-refractivity contribution < 1.29 is 8.83 Å². The van der Waals surface area contributed by atoms with Crippen molar-refractivity contribution in [1.82, 2.24) is 0 Å². The first-order valence-electron chi connectivity index (χ1n) is 22.3. The van der Waals surface area contributed by atoms with Gasteiger partial charge in [0.1, 0.15) is 22.3 Å². The van der Waals surface area contributed by atoms with Gasteiger partial charge in [0.2, 0.25) is 0 Å². The fourth-order valence-electron chi connectivity index (χ4n) is 9.27. The van der Waals surface area contributed by atoms with Gasteiger partial charge in [0.15, 0.2) is 0 Å². The molecule has 0 aliphatic heterocycles. The van der Waals surface area contributed by atoms with Gasteiger partial charge in [-0.3, -0.25) is 0 Å². The van der Waals surface area contributed by atoms with Crippen LogP contribution < -0.4 is 9.80 Å². The van der Waals surface area contributed by atoms with E-state index in [1.807, 2.05) is 48.5 Å². The van der Waals surface area contributed by atoms with Crippen molar-refractivity contribution in [3.63, 3.8) is 0 Å². The number of rotatable bonds is 6. The summed E-state index contributed by atoms with van der Waals surface area (Å²) in [6, 6.07) is 63.5. The Morgan fingerprint density at radius 2 is 0.636 bits per heavy atom. The Hall–Kier alpha value is -8.32. The third-order valence-electron chi connectivity index (χ3n) is 13.0. The summed E-state index contributed by atoms with van der Waals surface area (Å²) < 4.78 is 13.3. The smallest absolute Gasteiger partial charge is 0.136 e. The van der Waals surface area contributed by atoms with E-state index in [1.165, 1.54) is 11.1 Å². The highest BCUT2D eigenvalue weighted by molar-refractivity contribution is 6.18. The topological polar surface area (TPSA) is 80.3 Å². The van der Waals surface area contributed by atoms with Crippen molar-refractivity contribution in [2.75, 3.05) is 9.80 Å². The molecule has 0 radical (unpaired) electrons. The maximum absolute atomic E-state index is 9.52. The molecule has 0 saturated heterocycles. The predicted molar refractivity (Wildman–Crippen MR) is 272 cm³/mol. The van der Waals surface area contributed by atoms with Gasteiger partial charge in [0.25, 0.3) is 0 Å². The fraction of sp³-hybridized carbons (Fsp3) is 0.133. The van der Waals surface area contributed by atoms with Gasteiger partial charge in [-0.05, 0) is 177 Å². The molecular formula is C60H46N4O2. The summed E-state index contributed by atoms with van der Waals surface area (Å²) in [5.74, 6) is 0. The van der Waals surface area contributed by atoms with E-state index in [9.17, 15) is 10.5 Å². The first kappa shape index (κ1) is 40.5. The van der Waals surface area contributed by atoms with Crippen LogP contribution in [0.1, 0.15) is 63.8 Å². The second kappa shape index (κ2) is 15.2. The Morgan fingerprint density at radius 1 is 0.333 bits per heavy atom. The van der Waals surface area contributed by atoms with Crippen LogP contribution in [0.2, 0.25) is 0 Å². The first-order chi connectivity index (χ1) is 31.8. The van der Waals surface area contributed by atoms with E-state index in [0.717, 1.165) is 99.5 Å². The number of hydrogen-bond donors (Lipinski definition) is 0. The molecule has 0 spiro atoms. The maximum Gasteiger partial charge on any atom is 0.136 e. The molecule has 0 N–H and O–H groups in total. The Morgan fingerprint density at radius 3 is 0.970 bits per heavy atom.